The van der Waals surface area contributed by atoms with Crippen molar-refractivity contribution < 1.29 is 4.74 Å². The molecule has 0 amide bonds. The van der Waals surface area contributed by atoms with E-state index >= 15 is 0 Å². The number of hydrogen-bond donors (Lipinski definition) is 2. The molecular weight excluding hydrogens is 238 g/mol. The van der Waals surface area contributed by atoms with E-state index in [1.165, 1.54) is 11.1 Å². The number of nitrogens with two attached hydrogens (primary N) is 1. The second-order valence-electron chi connectivity index (χ2n) is 5.03. The predicted octanol–water partition coefficient (Wildman–Crippen LogP) is 2.98. The Kier molecular flexibility index (Phi) is 3.90. The molecule has 102 valence electrons. The number of nitrogens with one attached hydrogen (secondary N) is 1. The predicted molar refractivity (Wildman–Crippen MR) is 77.3 cm³/mol. The molecule has 0 saturated carbocycles. The topological polar surface area (TPSA) is 63.9 Å². The SMILES string of the molecule is COc1cc(C)c(-c2cn[nH]c2CN)cc1C(C)C. The van der Waals surface area contributed by atoms with Crippen LogP contribution in [0.4, 0.5) is 0 Å². The third kappa shape index (κ3) is 2.49. The highest BCUT2D eigenvalue weighted by Crippen LogP contribution is 2.35. The van der Waals surface area contributed by atoms with E-state index in [0.29, 0.717) is 12.5 Å². The van der Waals surface area contributed by atoms with Crippen molar-refractivity contribution in [2.24, 2.45) is 5.73 Å². The van der Waals surface area contributed by atoms with Crippen LogP contribution in [0.15, 0.2) is 18.3 Å². The Bertz CT molecular complexity index is 573. The normalized spacial score (nSPS) is 11.1. The van der Waals surface area contributed by atoms with Gasteiger partial charge >= 0.3 is 0 Å². The third-order valence-electron chi connectivity index (χ3n) is 3.41. The van der Waals surface area contributed by atoms with E-state index < -0.39 is 0 Å². The minimum Gasteiger partial charge on any atom is -0.496 e. The van der Waals surface area contributed by atoms with Crippen molar-refractivity contribution in [1.29, 1.82) is 0 Å². The van der Waals surface area contributed by atoms with Crippen LogP contribution in [-0.2, 0) is 6.54 Å². The minimum absolute atomic E-state index is 0.405. The Morgan fingerprint density at radius 3 is 2.63 bits per heavy atom. The summed E-state index contributed by atoms with van der Waals surface area (Å²) >= 11 is 0. The van der Waals surface area contributed by atoms with Gasteiger partial charge in [0, 0.05) is 12.1 Å². The lowest BCUT2D eigenvalue weighted by Crippen LogP contribution is -2.01. The van der Waals surface area contributed by atoms with Gasteiger partial charge in [-0.15, -0.1) is 0 Å². The zero-order chi connectivity index (χ0) is 14.0. The average Bonchev–Trinajstić information content (AvgIpc) is 2.85. The standard InChI is InChI=1S/C15H21N3O/c1-9(2)11-6-12(10(3)5-15(11)19-4)13-8-17-18-14(13)7-16/h5-6,8-9H,7,16H2,1-4H3,(H,17,18). The quantitative estimate of drug-likeness (QED) is 0.887. The van der Waals surface area contributed by atoms with E-state index in [0.717, 1.165) is 22.6 Å². The molecule has 0 atom stereocenters. The first-order valence-corrected chi connectivity index (χ1v) is 6.49. The smallest absolute Gasteiger partial charge is 0.122 e. The molecule has 0 unspecified atom stereocenters. The molecule has 1 aromatic heterocycles. The molecule has 4 nitrogen and oxygen atoms in total. The molecule has 0 saturated heterocycles. The van der Waals surface area contributed by atoms with Gasteiger partial charge in [-0.05, 0) is 41.7 Å². The highest BCUT2D eigenvalue weighted by molar-refractivity contribution is 5.71. The molecule has 1 heterocycles. The summed E-state index contributed by atoms with van der Waals surface area (Å²) in [6.07, 6.45) is 1.83. The van der Waals surface area contributed by atoms with Gasteiger partial charge in [0.2, 0.25) is 0 Å². The Labute approximate surface area is 114 Å². The van der Waals surface area contributed by atoms with Gasteiger partial charge < -0.3 is 10.5 Å². The zero-order valence-electron chi connectivity index (χ0n) is 11.9. The third-order valence-corrected chi connectivity index (χ3v) is 3.41. The molecule has 0 spiro atoms. The average molecular weight is 259 g/mol. The number of ether oxygens (including phenoxy) is 1. The summed E-state index contributed by atoms with van der Waals surface area (Å²) in [5.74, 6) is 1.34. The van der Waals surface area contributed by atoms with E-state index in [2.05, 4.69) is 43.1 Å². The molecule has 2 aromatic rings. The lowest BCUT2D eigenvalue weighted by molar-refractivity contribution is 0.407. The fraction of sp³-hybridized carbons (Fsp3) is 0.400. The van der Waals surface area contributed by atoms with E-state index in [1.807, 2.05) is 6.20 Å². The van der Waals surface area contributed by atoms with Gasteiger partial charge in [0.25, 0.3) is 0 Å². The molecule has 0 aliphatic heterocycles. The van der Waals surface area contributed by atoms with Crippen LogP contribution in [0.2, 0.25) is 0 Å². The molecule has 0 fully saturated rings. The molecule has 1 aromatic carbocycles. The van der Waals surface area contributed by atoms with Crippen molar-refractivity contribution >= 4 is 0 Å². The number of nitrogens with zero attached hydrogens (tertiary/aromatic N) is 1. The van der Waals surface area contributed by atoms with Crippen LogP contribution in [0.3, 0.4) is 0 Å². The summed E-state index contributed by atoms with van der Waals surface area (Å²) in [4.78, 5) is 0. The maximum absolute atomic E-state index is 5.74. The molecule has 3 N–H and O–H groups in total. The first kappa shape index (κ1) is 13.6. The molecular formula is C15H21N3O. The van der Waals surface area contributed by atoms with Gasteiger partial charge in [0.1, 0.15) is 5.75 Å². The molecule has 0 bridgehead atoms. The summed E-state index contributed by atoms with van der Waals surface area (Å²) in [7, 11) is 1.71. The first-order valence-electron chi connectivity index (χ1n) is 6.49. The zero-order valence-corrected chi connectivity index (χ0v) is 11.9. The summed E-state index contributed by atoms with van der Waals surface area (Å²) in [5.41, 5.74) is 11.3. The summed E-state index contributed by atoms with van der Waals surface area (Å²) < 4.78 is 5.47. The number of aromatic amines is 1. The molecule has 2 rings (SSSR count). The largest absolute Gasteiger partial charge is 0.496 e. The van der Waals surface area contributed by atoms with Gasteiger partial charge in [0.15, 0.2) is 0 Å². The first-order chi connectivity index (χ1) is 9.08. The number of methoxy groups -OCH3 is 1. The molecule has 0 radical (unpaired) electrons. The molecule has 4 heteroatoms. The lowest BCUT2D eigenvalue weighted by atomic mass is 9.93. The van der Waals surface area contributed by atoms with Crippen molar-refractivity contribution in [3.8, 4) is 16.9 Å². The summed E-state index contributed by atoms with van der Waals surface area (Å²) in [6, 6.07) is 4.26. The molecule has 0 aliphatic rings. The van der Waals surface area contributed by atoms with Crippen molar-refractivity contribution in [3.05, 3.63) is 35.2 Å². The van der Waals surface area contributed by atoms with Gasteiger partial charge in [-0.3, -0.25) is 5.10 Å². The van der Waals surface area contributed by atoms with Crippen LogP contribution in [0.1, 0.15) is 36.6 Å². The Morgan fingerprint density at radius 2 is 2.05 bits per heavy atom. The Balaban J connectivity index is 2.61. The summed E-state index contributed by atoms with van der Waals surface area (Å²) in [6.45, 7) is 6.86. The van der Waals surface area contributed by atoms with Gasteiger partial charge in [-0.25, -0.2) is 0 Å². The second-order valence-corrected chi connectivity index (χ2v) is 5.03. The fourth-order valence-electron chi connectivity index (χ4n) is 2.32. The second kappa shape index (κ2) is 5.45. The van der Waals surface area contributed by atoms with E-state index in [9.17, 15) is 0 Å². The number of aromatic nitrogens is 2. The van der Waals surface area contributed by atoms with Crippen LogP contribution in [-0.4, -0.2) is 17.3 Å². The highest BCUT2D eigenvalue weighted by atomic mass is 16.5. The number of H-pyrrole nitrogens is 1. The van der Waals surface area contributed by atoms with Gasteiger partial charge in [-0.2, -0.15) is 5.10 Å². The van der Waals surface area contributed by atoms with Crippen molar-refractivity contribution in [2.45, 2.75) is 33.2 Å². The van der Waals surface area contributed by atoms with Crippen molar-refractivity contribution in [2.75, 3.05) is 7.11 Å². The Morgan fingerprint density at radius 1 is 1.32 bits per heavy atom. The number of hydrogen-bond acceptors (Lipinski definition) is 3. The van der Waals surface area contributed by atoms with Crippen LogP contribution in [0.25, 0.3) is 11.1 Å². The maximum atomic E-state index is 5.74. The van der Waals surface area contributed by atoms with Gasteiger partial charge in [-0.1, -0.05) is 13.8 Å². The van der Waals surface area contributed by atoms with Crippen LogP contribution in [0.5, 0.6) is 5.75 Å². The monoisotopic (exact) mass is 259 g/mol. The van der Waals surface area contributed by atoms with Crippen molar-refractivity contribution in [3.63, 3.8) is 0 Å². The van der Waals surface area contributed by atoms with E-state index in [-0.39, 0.29) is 0 Å². The molecule has 19 heavy (non-hydrogen) atoms. The van der Waals surface area contributed by atoms with Crippen LogP contribution >= 0.6 is 0 Å². The lowest BCUT2D eigenvalue weighted by Gasteiger charge is -2.16. The van der Waals surface area contributed by atoms with E-state index in [1.54, 1.807) is 7.11 Å². The van der Waals surface area contributed by atoms with Crippen LogP contribution < -0.4 is 10.5 Å². The minimum atomic E-state index is 0.405. The van der Waals surface area contributed by atoms with Gasteiger partial charge in [0.05, 0.1) is 19.0 Å². The number of aryl methyl sites for hydroxylation is 1. The Hall–Kier alpha value is -1.81. The van der Waals surface area contributed by atoms with Crippen LogP contribution in [0, 0.1) is 6.92 Å². The number of rotatable bonds is 4. The molecule has 0 aliphatic carbocycles. The summed E-state index contributed by atoms with van der Waals surface area (Å²) in [5, 5.41) is 7.04. The maximum Gasteiger partial charge on any atom is 0.122 e. The van der Waals surface area contributed by atoms with E-state index in [4.69, 9.17) is 10.5 Å². The highest BCUT2D eigenvalue weighted by Gasteiger charge is 2.15. The number of benzene rings is 1. The van der Waals surface area contributed by atoms with Crippen molar-refractivity contribution in [1.82, 2.24) is 10.2 Å². The fourth-order valence-corrected chi connectivity index (χ4v) is 2.32.